The summed E-state index contributed by atoms with van der Waals surface area (Å²) < 4.78 is 5.00. The van der Waals surface area contributed by atoms with E-state index in [0.717, 1.165) is 26.1 Å². The summed E-state index contributed by atoms with van der Waals surface area (Å²) in [6, 6.07) is 9.12. The second-order valence-corrected chi connectivity index (χ2v) is 5.12. The summed E-state index contributed by atoms with van der Waals surface area (Å²) in [5.74, 6) is 0. The van der Waals surface area contributed by atoms with Crippen LogP contribution in [0.25, 0.3) is 0 Å². The van der Waals surface area contributed by atoms with E-state index in [0.29, 0.717) is 0 Å². The zero-order chi connectivity index (χ0) is 13.8. The maximum atomic E-state index is 5.00. The number of nitrogens with one attached hydrogen (secondary N) is 1. The summed E-state index contributed by atoms with van der Waals surface area (Å²) in [4.78, 5) is 0. The third-order valence-electron chi connectivity index (χ3n) is 3.42. The molecule has 108 valence electrons. The number of hydrogen-bond donors (Lipinski definition) is 1. The monoisotopic (exact) mass is 263 g/mol. The van der Waals surface area contributed by atoms with E-state index >= 15 is 0 Å². The molecule has 0 aliphatic heterocycles. The molecule has 0 spiro atoms. The Balaban J connectivity index is 2.16. The highest BCUT2D eigenvalue weighted by atomic mass is 16.5. The Morgan fingerprint density at radius 3 is 2.21 bits per heavy atom. The van der Waals surface area contributed by atoms with Crippen molar-refractivity contribution in [2.75, 3.05) is 26.8 Å². The van der Waals surface area contributed by atoms with E-state index in [1.807, 2.05) is 0 Å². The first-order chi connectivity index (χ1) is 9.36. The molecule has 1 rings (SSSR count). The van der Waals surface area contributed by atoms with Crippen molar-refractivity contribution in [2.24, 2.45) is 0 Å². The lowest BCUT2D eigenvalue weighted by atomic mass is 10.0. The van der Waals surface area contributed by atoms with Crippen LogP contribution in [0.4, 0.5) is 0 Å². The van der Waals surface area contributed by atoms with Gasteiger partial charge in [0, 0.05) is 13.7 Å². The molecule has 1 aromatic rings. The molecule has 0 aliphatic rings. The van der Waals surface area contributed by atoms with Gasteiger partial charge in [-0.3, -0.25) is 0 Å². The lowest BCUT2D eigenvalue weighted by Crippen LogP contribution is -2.21. The van der Waals surface area contributed by atoms with E-state index in [1.165, 1.54) is 43.2 Å². The quantitative estimate of drug-likeness (QED) is 0.616. The molecule has 0 unspecified atom stereocenters. The van der Waals surface area contributed by atoms with Crippen LogP contribution >= 0.6 is 0 Å². The van der Waals surface area contributed by atoms with E-state index in [-0.39, 0.29) is 0 Å². The third kappa shape index (κ3) is 8.02. The molecule has 0 aliphatic carbocycles. The molecule has 0 aromatic heterocycles. The van der Waals surface area contributed by atoms with E-state index in [4.69, 9.17) is 4.74 Å². The van der Waals surface area contributed by atoms with Crippen LogP contribution in [0.3, 0.4) is 0 Å². The minimum Gasteiger partial charge on any atom is -0.383 e. The van der Waals surface area contributed by atoms with E-state index in [9.17, 15) is 0 Å². The first-order valence-corrected chi connectivity index (χ1v) is 7.64. The molecule has 0 amide bonds. The van der Waals surface area contributed by atoms with Gasteiger partial charge >= 0.3 is 0 Å². The Morgan fingerprint density at radius 2 is 1.58 bits per heavy atom. The molecule has 2 heteroatoms. The molecule has 0 saturated carbocycles. The summed E-state index contributed by atoms with van der Waals surface area (Å²) in [5, 5.41) is 3.37. The summed E-state index contributed by atoms with van der Waals surface area (Å²) in [6.07, 6.45) is 7.69. The van der Waals surface area contributed by atoms with Gasteiger partial charge in [-0.05, 0) is 36.9 Å². The SMILES string of the molecule is CCCCCCc1ccc(CCNCCOC)cc1. The molecule has 2 nitrogen and oxygen atoms in total. The maximum Gasteiger partial charge on any atom is 0.0587 e. The zero-order valence-corrected chi connectivity index (χ0v) is 12.6. The van der Waals surface area contributed by atoms with Gasteiger partial charge < -0.3 is 10.1 Å². The summed E-state index contributed by atoms with van der Waals surface area (Å²) in [7, 11) is 1.74. The average Bonchev–Trinajstić information content (AvgIpc) is 2.45. The molecule has 0 radical (unpaired) electrons. The Kier molecular flexibility index (Phi) is 9.38. The van der Waals surface area contributed by atoms with Gasteiger partial charge in [-0.2, -0.15) is 0 Å². The predicted octanol–water partition coefficient (Wildman–Crippen LogP) is 3.59. The lowest BCUT2D eigenvalue weighted by molar-refractivity contribution is 0.199. The fourth-order valence-electron chi connectivity index (χ4n) is 2.16. The normalized spacial score (nSPS) is 10.8. The molecular formula is C17H29NO. The first-order valence-electron chi connectivity index (χ1n) is 7.64. The number of unbranched alkanes of at least 4 members (excludes halogenated alkanes) is 3. The van der Waals surface area contributed by atoms with E-state index in [1.54, 1.807) is 7.11 Å². The fraction of sp³-hybridized carbons (Fsp3) is 0.647. The van der Waals surface area contributed by atoms with Gasteiger partial charge in [-0.25, -0.2) is 0 Å². The van der Waals surface area contributed by atoms with Gasteiger partial charge in [0.2, 0.25) is 0 Å². The second kappa shape index (κ2) is 11.0. The van der Waals surface area contributed by atoms with Crippen molar-refractivity contribution in [3.8, 4) is 0 Å². The van der Waals surface area contributed by atoms with Crippen LogP contribution in [-0.2, 0) is 17.6 Å². The number of aryl methyl sites for hydroxylation is 1. The Hall–Kier alpha value is -0.860. The number of ether oxygens (including phenoxy) is 1. The van der Waals surface area contributed by atoms with Crippen LogP contribution < -0.4 is 5.32 Å². The van der Waals surface area contributed by atoms with Crippen LogP contribution in [0.5, 0.6) is 0 Å². The van der Waals surface area contributed by atoms with Crippen LogP contribution in [-0.4, -0.2) is 26.8 Å². The van der Waals surface area contributed by atoms with Crippen LogP contribution in [0.1, 0.15) is 43.7 Å². The number of hydrogen-bond acceptors (Lipinski definition) is 2. The summed E-state index contributed by atoms with van der Waals surface area (Å²) >= 11 is 0. The third-order valence-corrected chi connectivity index (χ3v) is 3.42. The van der Waals surface area contributed by atoms with Crippen LogP contribution in [0.2, 0.25) is 0 Å². The standard InChI is InChI=1S/C17H29NO/c1-3-4-5-6-7-16-8-10-17(11-9-16)12-13-18-14-15-19-2/h8-11,18H,3-7,12-15H2,1-2H3. The fourth-order valence-corrected chi connectivity index (χ4v) is 2.16. The van der Waals surface area contributed by atoms with Crippen molar-refractivity contribution in [1.29, 1.82) is 0 Å². The largest absolute Gasteiger partial charge is 0.383 e. The van der Waals surface area contributed by atoms with Crippen LogP contribution in [0.15, 0.2) is 24.3 Å². The smallest absolute Gasteiger partial charge is 0.0587 e. The molecular weight excluding hydrogens is 234 g/mol. The van der Waals surface area contributed by atoms with Crippen molar-refractivity contribution >= 4 is 0 Å². The topological polar surface area (TPSA) is 21.3 Å². The first kappa shape index (κ1) is 16.2. The predicted molar refractivity (Wildman–Crippen MR) is 82.7 cm³/mol. The minimum absolute atomic E-state index is 0.788. The highest BCUT2D eigenvalue weighted by Gasteiger charge is 1.96. The number of methoxy groups -OCH3 is 1. The van der Waals surface area contributed by atoms with Gasteiger partial charge in [-0.15, -0.1) is 0 Å². The van der Waals surface area contributed by atoms with Crippen molar-refractivity contribution < 1.29 is 4.74 Å². The summed E-state index contributed by atoms with van der Waals surface area (Å²) in [5.41, 5.74) is 2.90. The van der Waals surface area contributed by atoms with Crippen molar-refractivity contribution in [2.45, 2.75) is 45.4 Å². The maximum absolute atomic E-state index is 5.00. The van der Waals surface area contributed by atoms with Gasteiger partial charge in [0.15, 0.2) is 0 Å². The van der Waals surface area contributed by atoms with E-state index < -0.39 is 0 Å². The van der Waals surface area contributed by atoms with Gasteiger partial charge in [0.05, 0.1) is 6.61 Å². The lowest BCUT2D eigenvalue weighted by Gasteiger charge is -2.06. The van der Waals surface area contributed by atoms with Crippen molar-refractivity contribution in [3.05, 3.63) is 35.4 Å². The molecule has 0 saturated heterocycles. The minimum atomic E-state index is 0.788. The average molecular weight is 263 g/mol. The molecule has 19 heavy (non-hydrogen) atoms. The molecule has 0 fully saturated rings. The zero-order valence-electron chi connectivity index (χ0n) is 12.6. The highest BCUT2D eigenvalue weighted by molar-refractivity contribution is 5.22. The molecule has 0 bridgehead atoms. The number of rotatable bonds is 11. The summed E-state index contributed by atoms with van der Waals surface area (Å²) in [6.45, 7) is 5.01. The van der Waals surface area contributed by atoms with Gasteiger partial charge in [-0.1, -0.05) is 50.5 Å². The molecule has 0 atom stereocenters. The molecule has 1 N–H and O–H groups in total. The second-order valence-electron chi connectivity index (χ2n) is 5.12. The van der Waals surface area contributed by atoms with Crippen LogP contribution in [0, 0.1) is 0 Å². The highest BCUT2D eigenvalue weighted by Crippen LogP contribution is 2.10. The number of benzene rings is 1. The van der Waals surface area contributed by atoms with Crippen molar-refractivity contribution in [1.82, 2.24) is 5.32 Å². The Bertz CT molecular complexity index is 308. The Labute approximate surface area is 118 Å². The molecule has 0 heterocycles. The van der Waals surface area contributed by atoms with Crippen molar-refractivity contribution in [3.63, 3.8) is 0 Å². The Morgan fingerprint density at radius 1 is 0.895 bits per heavy atom. The molecule has 1 aromatic carbocycles. The van der Waals surface area contributed by atoms with Gasteiger partial charge in [0.1, 0.15) is 0 Å². The van der Waals surface area contributed by atoms with E-state index in [2.05, 4.69) is 36.5 Å². The van der Waals surface area contributed by atoms with Gasteiger partial charge in [0.25, 0.3) is 0 Å².